The Bertz CT molecular complexity index is 446. The van der Waals surface area contributed by atoms with E-state index >= 15 is 0 Å². The zero-order chi connectivity index (χ0) is 13.2. The summed E-state index contributed by atoms with van der Waals surface area (Å²) in [6, 6.07) is 7.59. The summed E-state index contributed by atoms with van der Waals surface area (Å²) in [6.45, 7) is 4.92. The van der Waals surface area contributed by atoms with Gasteiger partial charge in [0.1, 0.15) is 0 Å². The molecule has 3 rings (SSSR count). The second kappa shape index (κ2) is 5.39. The molecule has 0 bridgehead atoms. The van der Waals surface area contributed by atoms with Crippen LogP contribution in [0.2, 0.25) is 0 Å². The largest absolute Gasteiger partial charge is 0.454 e. The summed E-state index contributed by atoms with van der Waals surface area (Å²) in [5, 5.41) is 3.33. The lowest BCUT2D eigenvalue weighted by atomic mass is 10.0. The number of ether oxygens (including phenoxy) is 2. The second-order valence-electron chi connectivity index (χ2n) is 5.55. The fraction of sp³-hybridized carbons (Fsp3) is 0.600. The Kier molecular flexibility index (Phi) is 3.62. The van der Waals surface area contributed by atoms with Gasteiger partial charge in [-0.15, -0.1) is 0 Å². The van der Waals surface area contributed by atoms with Gasteiger partial charge < -0.3 is 14.8 Å². The minimum absolute atomic E-state index is 0.354. The molecular weight excluding hydrogens is 240 g/mol. The van der Waals surface area contributed by atoms with Gasteiger partial charge in [-0.25, -0.2) is 0 Å². The molecule has 4 nitrogen and oxygen atoms in total. The average molecular weight is 262 g/mol. The van der Waals surface area contributed by atoms with Crippen molar-refractivity contribution < 1.29 is 9.47 Å². The SMILES string of the molecule is CC(CCc1ccc2c(c1)OCO2)N(C)C1CNC1. The lowest BCUT2D eigenvalue weighted by Gasteiger charge is -2.39. The number of hydrogen-bond donors (Lipinski definition) is 1. The van der Waals surface area contributed by atoms with Gasteiger partial charge in [-0.1, -0.05) is 6.07 Å². The predicted molar refractivity (Wildman–Crippen MR) is 74.8 cm³/mol. The van der Waals surface area contributed by atoms with Gasteiger partial charge in [0.25, 0.3) is 0 Å². The lowest BCUT2D eigenvalue weighted by molar-refractivity contribution is 0.131. The topological polar surface area (TPSA) is 33.7 Å². The number of rotatable bonds is 5. The Hall–Kier alpha value is -1.26. The van der Waals surface area contributed by atoms with Crippen molar-refractivity contribution in [3.63, 3.8) is 0 Å². The van der Waals surface area contributed by atoms with E-state index in [2.05, 4.69) is 36.3 Å². The van der Waals surface area contributed by atoms with Gasteiger partial charge in [-0.05, 0) is 44.5 Å². The van der Waals surface area contributed by atoms with Crippen LogP contribution in [-0.2, 0) is 6.42 Å². The Morgan fingerprint density at radius 3 is 2.84 bits per heavy atom. The van der Waals surface area contributed by atoms with Gasteiger partial charge in [0, 0.05) is 25.2 Å². The fourth-order valence-corrected chi connectivity index (χ4v) is 2.60. The van der Waals surface area contributed by atoms with Crippen LogP contribution in [0.25, 0.3) is 0 Å². The third-order valence-corrected chi connectivity index (χ3v) is 4.32. The molecule has 1 aromatic carbocycles. The monoisotopic (exact) mass is 262 g/mol. The van der Waals surface area contributed by atoms with Gasteiger partial charge in [0.15, 0.2) is 11.5 Å². The van der Waals surface area contributed by atoms with Crippen molar-refractivity contribution in [3.05, 3.63) is 23.8 Å². The molecular formula is C15H22N2O2. The summed E-state index contributed by atoms with van der Waals surface area (Å²) in [4.78, 5) is 2.49. The van der Waals surface area contributed by atoms with Crippen molar-refractivity contribution in [2.24, 2.45) is 0 Å². The molecule has 0 saturated carbocycles. The molecule has 1 N–H and O–H groups in total. The first-order valence-corrected chi connectivity index (χ1v) is 7.05. The molecule has 1 atom stereocenters. The third-order valence-electron chi connectivity index (χ3n) is 4.32. The molecule has 0 radical (unpaired) electrons. The van der Waals surface area contributed by atoms with E-state index in [1.165, 1.54) is 12.0 Å². The third kappa shape index (κ3) is 2.69. The molecule has 2 aliphatic heterocycles. The maximum absolute atomic E-state index is 5.42. The van der Waals surface area contributed by atoms with E-state index in [1.54, 1.807) is 0 Å². The predicted octanol–water partition coefficient (Wildman–Crippen LogP) is 1.64. The van der Waals surface area contributed by atoms with Gasteiger partial charge in [0.2, 0.25) is 6.79 Å². The quantitative estimate of drug-likeness (QED) is 0.874. The first-order chi connectivity index (χ1) is 9.24. The van der Waals surface area contributed by atoms with Gasteiger partial charge in [-0.2, -0.15) is 0 Å². The van der Waals surface area contributed by atoms with Crippen LogP contribution in [0.1, 0.15) is 18.9 Å². The maximum atomic E-state index is 5.42. The highest BCUT2D eigenvalue weighted by molar-refractivity contribution is 5.44. The van der Waals surface area contributed by atoms with Crippen LogP contribution < -0.4 is 14.8 Å². The Morgan fingerprint density at radius 2 is 2.11 bits per heavy atom. The van der Waals surface area contributed by atoms with Crippen LogP contribution in [0, 0.1) is 0 Å². The van der Waals surface area contributed by atoms with E-state index < -0.39 is 0 Å². The standard InChI is InChI=1S/C15H22N2O2/c1-11(17(2)13-8-16-9-13)3-4-12-5-6-14-15(7-12)19-10-18-14/h5-7,11,13,16H,3-4,8-10H2,1-2H3. The molecule has 1 aromatic rings. The summed E-state index contributed by atoms with van der Waals surface area (Å²) in [5.41, 5.74) is 1.33. The molecule has 2 aliphatic rings. The number of nitrogens with one attached hydrogen (secondary N) is 1. The summed E-state index contributed by atoms with van der Waals surface area (Å²) in [7, 11) is 2.23. The van der Waals surface area contributed by atoms with Crippen LogP contribution in [0.4, 0.5) is 0 Å². The number of benzene rings is 1. The molecule has 1 unspecified atom stereocenters. The highest BCUT2D eigenvalue weighted by Gasteiger charge is 2.24. The first-order valence-electron chi connectivity index (χ1n) is 7.05. The normalized spacial score (nSPS) is 19.5. The van der Waals surface area contributed by atoms with Crippen molar-refractivity contribution in [2.75, 3.05) is 26.9 Å². The number of hydrogen-bond acceptors (Lipinski definition) is 4. The number of nitrogens with zero attached hydrogens (tertiary/aromatic N) is 1. The Morgan fingerprint density at radius 1 is 1.32 bits per heavy atom. The van der Waals surface area contributed by atoms with Crippen LogP contribution in [-0.4, -0.2) is 43.9 Å². The summed E-state index contributed by atoms with van der Waals surface area (Å²) in [6.07, 6.45) is 2.26. The van der Waals surface area contributed by atoms with E-state index in [9.17, 15) is 0 Å². The highest BCUT2D eigenvalue weighted by Crippen LogP contribution is 2.32. The van der Waals surface area contributed by atoms with E-state index in [0.717, 1.165) is 31.0 Å². The van der Waals surface area contributed by atoms with Crippen LogP contribution in [0.3, 0.4) is 0 Å². The van der Waals surface area contributed by atoms with Crippen molar-refractivity contribution >= 4 is 0 Å². The molecule has 2 heterocycles. The molecule has 0 aliphatic carbocycles. The minimum Gasteiger partial charge on any atom is -0.454 e. The van der Waals surface area contributed by atoms with Crippen LogP contribution in [0.5, 0.6) is 11.5 Å². The molecule has 19 heavy (non-hydrogen) atoms. The highest BCUT2D eigenvalue weighted by atomic mass is 16.7. The fourth-order valence-electron chi connectivity index (χ4n) is 2.60. The smallest absolute Gasteiger partial charge is 0.231 e. The van der Waals surface area contributed by atoms with E-state index in [-0.39, 0.29) is 0 Å². The van der Waals surface area contributed by atoms with Crippen LogP contribution >= 0.6 is 0 Å². The van der Waals surface area contributed by atoms with E-state index in [0.29, 0.717) is 18.9 Å². The van der Waals surface area contributed by atoms with E-state index in [4.69, 9.17) is 9.47 Å². The molecule has 0 spiro atoms. The van der Waals surface area contributed by atoms with Crippen molar-refractivity contribution in [2.45, 2.75) is 31.8 Å². The average Bonchev–Trinajstić information content (AvgIpc) is 2.80. The lowest BCUT2D eigenvalue weighted by Crippen LogP contribution is -2.58. The molecule has 4 heteroatoms. The zero-order valence-electron chi connectivity index (χ0n) is 11.7. The summed E-state index contributed by atoms with van der Waals surface area (Å²) in [5.74, 6) is 1.76. The second-order valence-corrected chi connectivity index (χ2v) is 5.55. The molecule has 0 aromatic heterocycles. The molecule has 1 fully saturated rings. The Labute approximate surface area is 114 Å². The van der Waals surface area contributed by atoms with Crippen LogP contribution in [0.15, 0.2) is 18.2 Å². The van der Waals surface area contributed by atoms with Gasteiger partial charge >= 0.3 is 0 Å². The number of likely N-dealkylation sites (N-methyl/N-ethyl adjacent to an activating group) is 1. The molecule has 1 saturated heterocycles. The van der Waals surface area contributed by atoms with Crippen molar-refractivity contribution in [1.29, 1.82) is 0 Å². The van der Waals surface area contributed by atoms with Crippen molar-refractivity contribution in [3.8, 4) is 11.5 Å². The van der Waals surface area contributed by atoms with Gasteiger partial charge in [-0.3, -0.25) is 4.90 Å². The maximum Gasteiger partial charge on any atom is 0.231 e. The number of fused-ring (bicyclic) bond motifs is 1. The molecule has 0 amide bonds. The summed E-state index contributed by atoms with van der Waals surface area (Å²) >= 11 is 0. The molecule has 104 valence electrons. The van der Waals surface area contributed by atoms with E-state index in [1.807, 2.05) is 6.07 Å². The van der Waals surface area contributed by atoms with Gasteiger partial charge in [0.05, 0.1) is 0 Å². The van der Waals surface area contributed by atoms with Crippen molar-refractivity contribution in [1.82, 2.24) is 10.2 Å². The minimum atomic E-state index is 0.354. The summed E-state index contributed by atoms with van der Waals surface area (Å²) < 4.78 is 10.8. The number of aryl methyl sites for hydroxylation is 1. The first kappa shape index (κ1) is 12.8. The Balaban J connectivity index is 1.53. The zero-order valence-corrected chi connectivity index (χ0v) is 11.7.